The van der Waals surface area contributed by atoms with Crippen molar-refractivity contribution in [1.29, 1.82) is 0 Å². The number of hydrogen-bond acceptors (Lipinski definition) is 4. The maximum Gasteiger partial charge on any atom is 0.168 e. The van der Waals surface area contributed by atoms with E-state index in [0.717, 1.165) is 50.6 Å². The van der Waals surface area contributed by atoms with Gasteiger partial charge in [-0.1, -0.05) is 37.1 Å². The lowest BCUT2D eigenvalue weighted by Crippen LogP contribution is -2.46. The SMILES string of the molecule is NC(=S)Nc1cccc(OCCCCCCN2CCN(c3ccccc3)CC2)c1. The van der Waals surface area contributed by atoms with Crippen LogP contribution in [0.5, 0.6) is 5.75 Å². The van der Waals surface area contributed by atoms with Gasteiger partial charge in [0, 0.05) is 43.6 Å². The van der Waals surface area contributed by atoms with Crippen LogP contribution in [0.4, 0.5) is 11.4 Å². The van der Waals surface area contributed by atoms with Gasteiger partial charge in [0.05, 0.1) is 6.61 Å². The highest BCUT2D eigenvalue weighted by molar-refractivity contribution is 7.80. The summed E-state index contributed by atoms with van der Waals surface area (Å²) in [5.74, 6) is 0.850. The number of para-hydroxylation sites is 1. The highest BCUT2D eigenvalue weighted by Gasteiger charge is 2.16. The summed E-state index contributed by atoms with van der Waals surface area (Å²) >= 11 is 4.86. The maximum atomic E-state index is 5.84. The molecule has 0 atom stereocenters. The normalized spacial score (nSPS) is 14.6. The molecule has 1 saturated heterocycles. The summed E-state index contributed by atoms with van der Waals surface area (Å²) in [6.07, 6.45) is 4.80. The van der Waals surface area contributed by atoms with Gasteiger partial charge in [-0.2, -0.15) is 0 Å². The number of rotatable bonds is 10. The Bertz CT molecular complexity index is 748. The van der Waals surface area contributed by atoms with Crippen molar-refractivity contribution < 1.29 is 4.74 Å². The monoisotopic (exact) mass is 412 g/mol. The van der Waals surface area contributed by atoms with Crippen LogP contribution < -0.4 is 20.7 Å². The van der Waals surface area contributed by atoms with Crippen molar-refractivity contribution in [1.82, 2.24) is 4.90 Å². The van der Waals surface area contributed by atoms with Crippen LogP contribution in [0.2, 0.25) is 0 Å². The number of thiocarbonyl (C=S) groups is 1. The predicted octanol–water partition coefficient (Wildman–Crippen LogP) is 4.10. The molecule has 1 fully saturated rings. The molecule has 0 aliphatic carbocycles. The topological polar surface area (TPSA) is 53.8 Å². The molecule has 0 saturated carbocycles. The third-order valence-corrected chi connectivity index (χ3v) is 5.33. The van der Waals surface area contributed by atoms with Crippen LogP contribution in [0.1, 0.15) is 25.7 Å². The molecule has 6 heteroatoms. The number of ether oxygens (including phenoxy) is 1. The molecule has 0 spiro atoms. The summed E-state index contributed by atoms with van der Waals surface area (Å²) < 4.78 is 5.84. The molecular weight excluding hydrogens is 380 g/mol. The molecule has 1 aliphatic heterocycles. The summed E-state index contributed by atoms with van der Waals surface area (Å²) in [4.78, 5) is 5.08. The van der Waals surface area contributed by atoms with Gasteiger partial charge in [0.15, 0.2) is 5.11 Å². The number of nitrogens with zero attached hydrogens (tertiary/aromatic N) is 2. The molecule has 0 unspecified atom stereocenters. The van der Waals surface area contributed by atoms with E-state index in [1.165, 1.54) is 31.5 Å². The fraction of sp³-hybridized carbons (Fsp3) is 0.435. The largest absolute Gasteiger partial charge is 0.494 e. The Morgan fingerprint density at radius 2 is 1.69 bits per heavy atom. The Balaban J connectivity index is 1.23. The Kier molecular flexibility index (Phi) is 8.58. The first-order valence-corrected chi connectivity index (χ1v) is 10.9. The Labute approximate surface area is 179 Å². The number of hydrogen-bond donors (Lipinski definition) is 2. The first-order valence-electron chi connectivity index (χ1n) is 10.5. The van der Waals surface area contributed by atoms with Gasteiger partial charge < -0.3 is 20.7 Å². The molecule has 0 aromatic heterocycles. The van der Waals surface area contributed by atoms with Gasteiger partial charge in [-0.15, -0.1) is 0 Å². The van der Waals surface area contributed by atoms with Crippen molar-refractivity contribution in [2.45, 2.75) is 25.7 Å². The molecule has 2 aromatic carbocycles. The van der Waals surface area contributed by atoms with E-state index in [1.54, 1.807) is 0 Å². The smallest absolute Gasteiger partial charge is 0.168 e. The first kappa shape index (κ1) is 21.4. The molecule has 0 bridgehead atoms. The van der Waals surface area contributed by atoms with Crippen molar-refractivity contribution >= 4 is 28.7 Å². The van der Waals surface area contributed by atoms with Crippen molar-refractivity contribution in [3.8, 4) is 5.75 Å². The average molecular weight is 413 g/mol. The van der Waals surface area contributed by atoms with Crippen molar-refractivity contribution in [3.05, 3.63) is 54.6 Å². The lowest BCUT2D eigenvalue weighted by molar-refractivity contribution is 0.249. The minimum Gasteiger partial charge on any atom is -0.494 e. The van der Waals surface area contributed by atoms with Crippen LogP contribution in [-0.2, 0) is 0 Å². The zero-order chi connectivity index (χ0) is 20.3. The number of unbranched alkanes of at least 4 members (excludes halogenated alkanes) is 3. The van der Waals surface area contributed by atoms with E-state index in [1.807, 2.05) is 24.3 Å². The zero-order valence-corrected chi connectivity index (χ0v) is 17.9. The molecule has 156 valence electrons. The number of nitrogens with one attached hydrogen (secondary N) is 1. The lowest BCUT2D eigenvalue weighted by Gasteiger charge is -2.36. The van der Waals surface area contributed by atoms with Crippen LogP contribution in [0, 0.1) is 0 Å². The van der Waals surface area contributed by atoms with Crippen LogP contribution >= 0.6 is 12.2 Å². The second-order valence-corrected chi connectivity index (χ2v) is 7.88. The van der Waals surface area contributed by atoms with Crippen LogP contribution in [0.25, 0.3) is 0 Å². The Hall–Kier alpha value is -2.31. The molecule has 3 rings (SSSR count). The fourth-order valence-corrected chi connectivity index (χ4v) is 3.77. The average Bonchev–Trinajstić information content (AvgIpc) is 2.74. The van der Waals surface area contributed by atoms with Gasteiger partial charge in [-0.25, -0.2) is 0 Å². The van der Waals surface area contributed by atoms with E-state index < -0.39 is 0 Å². The quantitative estimate of drug-likeness (QED) is 0.453. The first-order chi connectivity index (χ1) is 14.2. The van der Waals surface area contributed by atoms with Gasteiger partial charge in [-0.3, -0.25) is 4.90 Å². The molecule has 5 nitrogen and oxygen atoms in total. The van der Waals surface area contributed by atoms with Gasteiger partial charge in [0.25, 0.3) is 0 Å². The van der Waals surface area contributed by atoms with Crippen LogP contribution in [0.3, 0.4) is 0 Å². The zero-order valence-electron chi connectivity index (χ0n) is 17.1. The van der Waals surface area contributed by atoms with Crippen molar-refractivity contribution in [2.75, 3.05) is 49.5 Å². The molecule has 1 heterocycles. The number of piperazine rings is 1. The number of anilines is 2. The van der Waals surface area contributed by atoms with Crippen LogP contribution in [-0.4, -0.2) is 49.3 Å². The van der Waals surface area contributed by atoms with E-state index in [-0.39, 0.29) is 5.11 Å². The van der Waals surface area contributed by atoms with Crippen molar-refractivity contribution in [3.63, 3.8) is 0 Å². The standard InChI is InChI=1S/C23H32N4OS/c24-23(29)25-20-9-8-12-22(19-20)28-18-7-2-1-6-13-26-14-16-27(17-15-26)21-10-4-3-5-11-21/h3-5,8-12,19H,1-2,6-7,13-18H2,(H3,24,25,29). The molecular formula is C23H32N4OS. The second-order valence-electron chi connectivity index (χ2n) is 7.44. The maximum absolute atomic E-state index is 5.84. The fourth-order valence-electron chi connectivity index (χ4n) is 3.66. The summed E-state index contributed by atoms with van der Waals surface area (Å²) in [7, 11) is 0. The molecule has 1 aliphatic rings. The summed E-state index contributed by atoms with van der Waals surface area (Å²) in [6.45, 7) is 6.52. The van der Waals surface area contributed by atoms with E-state index in [2.05, 4.69) is 45.4 Å². The van der Waals surface area contributed by atoms with Gasteiger partial charge in [0.2, 0.25) is 0 Å². The molecule has 2 aromatic rings. The summed E-state index contributed by atoms with van der Waals surface area (Å²) in [5.41, 5.74) is 7.71. The minimum absolute atomic E-state index is 0.267. The van der Waals surface area contributed by atoms with Gasteiger partial charge in [0.1, 0.15) is 5.75 Å². The van der Waals surface area contributed by atoms with Gasteiger partial charge >= 0.3 is 0 Å². The van der Waals surface area contributed by atoms with Crippen LogP contribution in [0.15, 0.2) is 54.6 Å². The summed E-state index contributed by atoms with van der Waals surface area (Å²) in [5, 5.41) is 3.20. The molecule has 0 amide bonds. The highest BCUT2D eigenvalue weighted by Crippen LogP contribution is 2.18. The predicted molar refractivity (Wildman–Crippen MR) is 126 cm³/mol. The minimum atomic E-state index is 0.267. The number of nitrogens with two attached hydrogens (primary N) is 1. The second kappa shape index (κ2) is 11.6. The van der Waals surface area contributed by atoms with Crippen molar-refractivity contribution in [2.24, 2.45) is 5.73 Å². The molecule has 0 radical (unpaired) electrons. The van der Waals surface area contributed by atoms with E-state index in [9.17, 15) is 0 Å². The summed E-state index contributed by atoms with van der Waals surface area (Å²) in [6, 6.07) is 18.5. The van der Waals surface area contributed by atoms with E-state index in [4.69, 9.17) is 22.7 Å². The Morgan fingerprint density at radius 1 is 0.931 bits per heavy atom. The van der Waals surface area contributed by atoms with E-state index in [0.29, 0.717) is 0 Å². The Morgan fingerprint density at radius 3 is 2.45 bits per heavy atom. The lowest BCUT2D eigenvalue weighted by atomic mass is 10.2. The van der Waals surface area contributed by atoms with E-state index >= 15 is 0 Å². The highest BCUT2D eigenvalue weighted by atomic mass is 32.1. The van der Waals surface area contributed by atoms with Gasteiger partial charge in [-0.05, 0) is 55.9 Å². The third-order valence-electron chi connectivity index (χ3n) is 5.23. The molecule has 3 N–H and O–H groups in total. The molecule has 29 heavy (non-hydrogen) atoms. The number of benzene rings is 2. The third kappa shape index (κ3) is 7.55.